The van der Waals surface area contributed by atoms with Crippen molar-refractivity contribution in [3.63, 3.8) is 0 Å². The third-order valence-corrected chi connectivity index (χ3v) is 1.91. The smallest absolute Gasteiger partial charge is 0.258 e. The van der Waals surface area contributed by atoms with Crippen LogP contribution in [0.5, 0.6) is 0 Å². The van der Waals surface area contributed by atoms with Crippen LogP contribution in [0.25, 0.3) is 0 Å². The number of aryl methyl sites for hydroxylation is 1. The van der Waals surface area contributed by atoms with Gasteiger partial charge in [-0.15, -0.1) is 0 Å². The van der Waals surface area contributed by atoms with E-state index < -0.39 is 4.92 Å². The molecular weight excluding hydrogens is 202 g/mol. The number of nitro benzene ring substituents is 1. The summed E-state index contributed by atoms with van der Waals surface area (Å²) in [5.41, 5.74) is 1.46. The number of hydrogen-bond acceptors (Lipinski definition) is 2. The van der Waals surface area contributed by atoms with E-state index >= 15 is 0 Å². The summed E-state index contributed by atoms with van der Waals surface area (Å²) in [6.45, 7) is 2.08. The van der Waals surface area contributed by atoms with E-state index in [-0.39, 0.29) is 5.69 Å². The summed E-state index contributed by atoms with van der Waals surface area (Å²) >= 11 is 0. The quantitative estimate of drug-likeness (QED) is 0.539. The van der Waals surface area contributed by atoms with Gasteiger partial charge in [-0.3, -0.25) is 10.1 Å². The molecule has 2 rings (SSSR count). The predicted octanol–water partition coefficient (Wildman–Crippen LogP) is 3.59. The summed E-state index contributed by atoms with van der Waals surface area (Å²) in [5, 5.41) is 10.0. The van der Waals surface area contributed by atoms with E-state index in [2.05, 4.69) is 19.1 Å². The number of benzene rings is 2. The topological polar surface area (TPSA) is 43.1 Å². The van der Waals surface area contributed by atoms with Gasteiger partial charge in [-0.05, 0) is 6.92 Å². The van der Waals surface area contributed by atoms with Gasteiger partial charge in [0.05, 0.1) is 4.92 Å². The number of hydrogen-bond donors (Lipinski definition) is 0. The SMILES string of the molecule is Cc1ccccc1.O=[N+]([O-])c1ccccc1. The van der Waals surface area contributed by atoms with Crippen LogP contribution in [-0.4, -0.2) is 4.92 Å². The zero-order chi connectivity index (χ0) is 11.8. The first-order valence-electron chi connectivity index (χ1n) is 4.91. The highest BCUT2D eigenvalue weighted by Crippen LogP contribution is 2.06. The van der Waals surface area contributed by atoms with Crippen LogP contribution in [0.4, 0.5) is 5.69 Å². The molecule has 16 heavy (non-hydrogen) atoms. The lowest BCUT2D eigenvalue weighted by Gasteiger charge is -1.85. The van der Waals surface area contributed by atoms with E-state index in [1.807, 2.05) is 18.2 Å². The first kappa shape index (κ1) is 11.9. The first-order valence-corrected chi connectivity index (χ1v) is 4.91. The third kappa shape index (κ3) is 4.37. The predicted molar refractivity (Wildman–Crippen MR) is 64.3 cm³/mol. The van der Waals surface area contributed by atoms with Gasteiger partial charge in [0.2, 0.25) is 0 Å². The van der Waals surface area contributed by atoms with E-state index in [9.17, 15) is 10.1 Å². The molecule has 0 bridgehead atoms. The van der Waals surface area contributed by atoms with Gasteiger partial charge in [-0.2, -0.15) is 0 Å². The lowest BCUT2D eigenvalue weighted by molar-refractivity contribution is -0.384. The molecule has 82 valence electrons. The number of rotatable bonds is 1. The van der Waals surface area contributed by atoms with E-state index in [4.69, 9.17) is 0 Å². The molecule has 0 aromatic heterocycles. The van der Waals surface area contributed by atoms with Crippen molar-refractivity contribution >= 4 is 5.69 Å². The molecular formula is C13H13NO2. The minimum Gasteiger partial charge on any atom is -0.258 e. The first-order chi connectivity index (χ1) is 7.70. The third-order valence-electron chi connectivity index (χ3n) is 1.91. The Labute approximate surface area is 94.5 Å². The largest absolute Gasteiger partial charge is 0.269 e. The van der Waals surface area contributed by atoms with Gasteiger partial charge < -0.3 is 0 Å². The summed E-state index contributed by atoms with van der Waals surface area (Å²) in [4.78, 5) is 9.59. The maximum atomic E-state index is 10.0. The molecule has 0 spiro atoms. The standard InChI is InChI=1S/C7H8.C6H5NO2/c1-7-5-3-2-4-6-7;8-7(9)6-4-2-1-3-5-6/h2-6H,1H3;1-5H. The summed E-state index contributed by atoms with van der Waals surface area (Å²) in [5.74, 6) is 0. The second kappa shape index (κ2) is 6.35. The zero-order valence-electron chi connectivity index (χ0n) is 9.04. The van der Waals surface area contributed by atoms with Crippen LogP contribution in [0.1, 0.15) is 5.56 Å². The van der Waals surface area contributed by atoms with Gasteiger partial charge in [0.15, 0.2) is 0 Å². The molecule has 0 saturated heterocycles. The van der Waals surface area contributed by atoms with E-state index in [0.717, 1.165) is 0 Å². The zero-order valence-corrected chi connectivity index (χ0v) is 9.04. The summed E-state index contributed by atoms with van der Waals surface area (Å²) in [7, 11) is 0. The molecule has 2 aromatic carbocycles. The van der Waals surface area contributed by atoms with Gasteiger partial charge in [-0.25, -0.2) is 0 Å². The summed E-state index contributed by atoms with van der Waals surface area (Å²) in [6, 6.07) is 18.2. The van der Waals surface area contributed by atoms with Gasteiger partial charge in [0.25, 0.3) is 5.69 Å². The second-order valence-corrected chi connectivity index (χ2v) is 3.25. The Balaban J connectivity index is 0.000000165. The Morgan fingerprint density at radius 2 is 1.31 bits per heavy atom. The monoisotopic (exact) mass is 215 g/mol. The molecule has 3 nitrogen and oxygen atoms in total. The lowest BCUT2D eigenvalue weighted by Crippen LogP contribution is -1.84. The van der Waals surface area contributed by atoms with Gasteiger partial charge in [0, 0.05) is 12.1 Å². The average molecular weight is 215 g/mol. The molecule has 0 radical (unpaired) electrons. The highest BCUT2D eigenvalue weighted by molar-refractivity contribution is 5.27. The van der Waals surface area contributed by atoms with E-state index in [1.165, 1.54) is 17.7 Å². The molecule has 0 fully saturated rings. The Bertz CT molecular complexity index is 426. The molecule has 0 aliphatic carbocycles. The molecule has 0 saturated carbocycles. The Kier molecular flexibility index (Phi) is 4.73. The van der Waals surface area contributed by atoms with E-state index in [0.29, 0.717) is 0 Å². The van der Waals surface area contributed by atoms with Crippen molar-refractivity contribution in [1.29, 1.82) is 0 Å². The fourth-order valence-electron chi connectivity index (χ4n) is 1.08. The number of nitro groups is 1. The fraction of sp³-hybridized carbons (Fsp3) is 0.0769. The Morgan fingerprint density at radius 1 is 0.875 bits per heavy atom. The Hall–Kier alpha value is -2.16. The van der Waals surface area contributed by atoms with E-state index in [1.54, 1.807) is 18.2 Å². The number of non-ortho nitro benzene ring substituents is 1. The van der Waals surface area contributed by atoms with Crippen molar-refractivity contribution in [3.8, 4) is 0 Å². The second-order valence-electron chi connectivity index (χ2n) is 3.25. The average Bonchev–Trinajstić information content (AvgIpc) is 2.32. The van der Waals surface area contributed by atoms with Gasteiger partial charge in [-0.1, -0.05) is 54.1 Å². The molecule has 3 heteroatoms. The minimum absolute atomic E-state index is 0.137. The maximum absolute atomic E-state index is 10.0. The lowest BCUT2D eigenvalue weighted by atomic mass is 10.2. The van der Waals surface area contributed by atoms with Crippen molar-refractivity contribution in [2.24, 2.45) is 0 Å². The molecule has 0 unspecified atom stereocenters. The summed E-state index contributed by atoms with van der Waals surface area (Å²) in [6.07, 6.45) is 0. The van der Waals surface area contributed by atoms with Gasteiger partial charge in [0.1, 0.15) is 0 Å². The van der Waals surface area contributed by atoms with Crippen LogP contribution < -0.4 is 0 Å². The normalized spacial score (nSPS) is 8.81. The molecule has 0 amide bonds. The van der Waals surface area contributed by atoms with Crippen molar-refractivity contribution in [1.82, 2.24) is 0 Å². The molecule has 2 aromatic rings. The molecule has 0 heterocycles. The van der Waals surface area contributed by atoms with Crippen molar-refractivity contribution in [2.45, 2.75) is 6.92 Å². The minimum atomic E-state index is -0.417. The number of nitrogens with zero attached hydrogens (tertiary/aromatic N) is 1. The van der Waals surface area contributed by atoms with Crippen LogP contribution in [0.3, 0.4) is 0 Å². The number of para-hydroxylation sites is 1. The summed E-state index contributed by atoms with van der Waals surface area (Å²) < 4.78 is 0. The van der Waals surface area contributed by atoms with Crippen LogP contribution in [0.2, 0.25) is 0 Å². The van der Waals surface area contributed by atoms with Crippen LogP contribution in [0, 0.1) is 17.0 Å². The van der Waals surface area contributed by atoms with Crippen LogP contribution in [-0.2, 0) is 0 Å². The van der Waals surface area contributed by atoms with Crippen LogP contribution in [0.15, 0.2) is 60.7 Å². The molecule has 0 aliphatic rings. The van der Waals surface area contributed by atoms with Crippen molar-refractivity contribution in [2.75, 3.05) is 0 Å². The highest BCUT2D eigenvalue weighted by Gasteiger charge is 1.98. The molecule has 0 N–H and O–H groups in total. The van der Waals surface area contributed by atoms with Crippen molar-refractivity contribution in [3.05, 3.63) is 76.3 Å². The highest BCUT2D eigenvalue weighted by atomic mass is 16.6. The van der Waals surface area contributed by atoms with Gasteiger partial charge >= 0.3 is 0 Å². The Morgan fingerprint density at radius 3 is 1.56 bits per heavy atom. The maximum Gasteiger partial charge on any atom is 0.269 e. The molecule has 0 atom stereocenters. The van der Waals surface area contributed by atoms with Crippen molar-refractivity contribution < 1.29 is 4.92 Å². The fourth-order valence-corrected chi connectivity index (χ4v) is 1.08. The van der Waals surface area contributed by atoms with Crippen LogP contribution >= 0.6 is 0 Å². The molecule has 0 aliphatic heterocycles.